The topological polar surface area (TPSA) is 41.1 Å². The second kappa shape index (κ2) is 7.82. The molecule has 0 radical (unpaired) electrons. The molecule has 27 heavy (non-hydrogen) atoms. The third kappa shape index (κ3) is 5.09. The van der Waals surface area contributed by atoms with Gasteiger partial charge in [-0.1, -0.05) is 18.2 Å². The number of rotatable bonds is 3. The minimum absolute atomic E-state index is 0.274. The van der Waals surface area contributed by atoms with Gasteiger partial charge in [-0.25, -0.2) is 9.18 Å². The monoisotopic (exact) mass is 378 g/mol. The van der Waals surface area contributed by atoms with Gasteiger partial charge in [0.05, 0.1) is 5.56 Å². The fourth-order valence-electron chi connectivity index (χ4n) is 2.99. The summed E-state index contributed by atoms with van der Waals surface area (Å²) in [7, 11) is 0. The minimum Gasteiger partial charge on any atom is -0.308 e. The molecule has 2 aromatic carbocycles. The molecule has 0 heterocycles. The third-order valence-corrected chi connectivity index (χ3v) is 4.29. The summed E-state index contributed by atoms with van der Waals surface area (Å²) >= 11 is 0. The van der Waals surface area contributed by atoms with Crippen LogP contribution in [0.4, 0.5) is 33.7 Å². The molecule has 0 bridgehead atoms. The molecule has 0 saturated carbocycles. The van der Waals surface area contributed by atoms with Crippen LogP contribution in [0, 0.1) is 5.82 Å². The highest BCUT2D eigenvalue weighted by Crippen LogP contribution is 2.32. The standard InChI is InChI=1S/C20H18F4N2O/c21-16-10-15(20(22,23)24)11-18(12-16)26-19(27)25-17-8-6-14(7-9-17)13-4-2-1-3-5-13/h4,6-12H,1-3,5H2,(H2,25,26,27). The number of urea groups is 1. The maximum Gasteiger partial charge on any atom is 0.416 e. The first-order valence-electron chi connectivity index (χ1n) is 8.56. The van der Waals surface area contributed by atoms with E-state index in [0.29, 0.717) is 17.8 Å². The highest BCUT2D eigenvalue weighted by molar-refractivity contribution is 5.99. The van der Waals surface area contributed by atoms with E-state index in [4.69, 9.17) is 0 Å². The molecular formula is C20H18F4N2O. The molecule has 2 N–H and O–H groups in total. The Morgan fingerprint density at radius 2 is 1.63 bits per heavy atom. The van der Waals surface area contributed by atoms with Crippen molar-refractivity contribution >= 4 is 23.0 Å². The van der Waals surface area contributed by atoms with Gasteiger partial charge in [-0.05, 0) is 67.2 Å². The molecule has 0 atom stereocenters. The summed E-state index contributed by atoms with van der Waals surface area (Å²) in [6, 6.07) is 8.34. The first-order valence-corrected chi connectivity index (χ1v) is 8.56. The molecule has 1 aliphatic rings. The average molecular weight is 378 g/mol. The summed E-state index contributed by atoms with van der Waals surface area (Å²) in [6.07, 6.45) is 1.94. The Balaban J connectivity index is 1.66. The highest BCUT2D eigenvalue weighted by Gasteiger charge is 2.31. The lowest BCUT2D eigenvalue weighted by molar-refractivity contribution is -0.137. The lowest BCUT2D eigenvalue weighted by Gasteiger charge is -2.14. The van der Waals surface area contributed by atoms with E-state index >= 15 is 0 Å². The molecule has 0 aliphatic heterocycles. The molecule has 2 amide bonds. The van der Waals surface area contributed by atoms with Crippen molar-refractivity contribution in [3.63, 3.8) is 0 Å². The Labute approximate surface area is 154 Å². The minimum atomic E-state index is -4.70. The second-order valence-corrected chi connectivity index (χ2v) is 6.36. The molecule has 0 unspecified atom stereocenters. The van der Waals surface area contributed by atoms with Gasteiger partial charge in [-0.2, -0.15) is 13.2 Å². The summed E-state index contributed by atoms with van der Waals surface area (Å²) in [5, 5.41) is 4.75. The van der Waals surface area contributed by atoms with Crippen molar-refractivity contribution in [3.05, 3.63) is 65.5 Å². The average Bonchev–Trinajstić information content (AvgIpc) is 2.62. The van der Waals surface area contributed by atoms with E-state index in [9.17, 15) is 22.4 Å². The molecule has 0 fully saturated rings. The normalized spacial score (nSPS) is 14.4. The Hall–Kier alpha value is -2.83. The summed E-state index contributed by atoms with van der Waals surface area (Å²) in [5.74, 6) is -1.08. The third-order valence-electron chi connectivity index (χ3n) is 4.29. The van der Waals surface area contributed by atoms with Crippen molar-refractivity contribution in [3.8, 4) is 0 Å². The van der Waals surface area contributed by atoms with E-state index in [1.165, 1.54) is 12.0 Å². The largest absolute Gasteiger partial charge is 0.416 e. The van der Waals surface area contributed by atoms with Crippen LogP contribution < -0.4 is 10.6 Å². The smallest absolute Gasteiger partial charge is 0.308 e. The first kappa shape index (κ1) is 18.9. The van der Waals surface area contributed by atoms with Crippen LogP contribution in [-0.4, -0.2) is 6.03 Å². The molecule has 142 valence electrons. The molecule has 1 aliphatic carbocycles. The van der Waals surface area contributed by atoms with E-state index in [2.05, 4.69) is 16.7 Å². The summed E-state index contributed by atoms with van der Waals surface area (Å²) < 4.78 is 51.6. The Morgan fingerprint density at radius 3 is 2.26 bits per heavy atom. The van der Waals surface area contributed by atoms with Crippen molar-refractivity contribution in [2.45, 2.75) is 31.9 Å². The molecule has 0 spiro atoms. The molecular weight excluding hydrogens is 360 g/mol. The molecule has 3 rings (SSSR count). The maximum absolute atomic E-state index is 13.4. The zero-order chi connectivity index (χ0) is 19.4. The number of nitrogens with one attached hydrogen (secondary N) is 2. The van der Waals surface area contributed by atoms with Crippen LogP contribution in [0.1, 0.15) is 36.8 Å². The number of amides is 2. The fraction of sp³-hybridized carbons (Fsp3) is 0.250. The number of halogens is 4. The van der Waals surface area contributed by atoms with Crippen LogP contribution in [0.25, 0.3) is 5.57 Å². The van der Waals surface area contributed by atoms with E-state index in [0.717, 1.165) is 30.9 Å². The van der Waals surface area contributed by atoms with Crippen molar-refractivity contribution in [2.75, 3.05) is 10.6 Å². The molecule has 0 aromatic heterocycles. The van der Waals surface area contributed by atoms with Gasteiger partial charge in [0.15, 0.2) is 0 Å². The maximum atomic E-state index is 13.4. The summed E-state index contributed by atoms with van der Waals surface area (Å²) in [6.45, 7) is 0. The second-order valence-electron chi connectivity index (χ2n) is 6.36. The van der Waals surface area contributed by atoms with Crippen LogP contribution in [-0.2, 0) is 6.18 Å². The number of alkyl halides is 3. The SMILES string of the molecule is O=C(Nc1ccc(C2=CCCCC2)cc1)Nc1cc(F)cc(C(F)(F)F)c1. The van der Waals surface area contributed by atoms with Crippen molar-refractivity contribution < 1.29 is 22.4 Å². The number of hydrogen-bond acceptors (Lipinski definition) is 1. The Kier molecular flexibility index (Phi) is 5.48. The van der Waals surface area contributed by atoms with Gasteiger partial charge < -0.3 is 10.6 Å². The molecule has 7 heteroatoms. The quantitative estimate of drug-likeness (QED) is 0.593. The molecule has 0 saturated heterocycles. The van der Waals surface area contributed by atoms with E-state index in [1.54, 1.807) is 12.1 Å². The number of carbonyl (C=O) groups excluding carboxylic acids is 1. The fourth-order valence-corrected chi connectivity index (χ4v) is 2.99. The van der Waals surface area contributed by atoms with Gasteiger partial charge in [0.2, 0.25) is 0 Å². The van der Waals surface area contributed by atoms with E-state index in [1.807, 2.05) is 12.1 Å². The number of hydrogen-bond donors (Lipinski definition) is 2. The molecule has 2 aromatic rings. The van der Waals surface area contributed by atoms with Crippen LogP contribution >= 0.6 is 0 Å². The Morgan fingerprint density at radius 1 is 0.926 bits per heavy atom. The predicted molar refractivity (Wildman–Crippen MR) is 96.9 cm³/mol. The number of carbonyl (C=O) groups is 1. The van der Waals surface area contributed by atoms with Gasteiger partial charge >= 0.3 is 12.2 Å². The van der Waals surface area contributed by atoms with Gasteiger partial charge in [-0.15, -0.1) is 0 Å². The van der Waals surface area contributed by atoms with Gasteiger partial charge in [0.1, 0.15) is 5.82 Å². The van der Waals surface area contributed by atoms with Crippen molar-refractivity contribution in [1.29, 1.82) is 0 Å². The first-order chi connectivity index (χ1) is 12.8. The van der Waals surface area contributed by atoms with Gasteiger partial charge in [0, 0.05) is 11.4 Å². The lowest BCUT2D eigenvalue weighted by atomic mass is 9.94. The predicted octanol–water partition coefficient (Wildman–Crippen LogP) is 6.45. The zero-order valence-electron chi connectivity index (χ0n) is 14.4. The number of benzene rings is 2. The van der Waals surface area contributed by atoms with E-state index < -0.39 is 23.6 Å². The van der Waals surface area contributed by atoms with Crippen LogP contribution in [0.15, 0.2) is 48.5 Å². The van der Waals surface area contributed by atoms with E-state index in [-0.39, 0.29) is 5.69 Å². The number of anilines is 2. The number of allylic oxidation sites excluding steroid dienone is 2. The van der Waals surface area contributed by atoms with Crippen molar-refractivity contribution in [1.82, 2.24) is 0 Å². The highest BCUT2D eigenvalue weighted by atomic mass is 19.4. The zero-order valence-corrected chi connectivity index (χ0v) is 14.4. The Bertz CT molecular complexity index is 857. The van der Waals surface area contributed by atoms with Crippen LogP contribution in [0.5, 0.6) is 0 Å². The molecule has 3 nitrogen and oxygen atoms in total. The summed E-state index contributed by atoms with van der Waals surface area (Å²) in [5.41, 5.74) is 1.41. The lowest BCUT2D eigenvalue weighted by Crippen LogP contribution is -2.20. The van der Waals surface area contributed by atoms with Gasteiger partial charge in [-0.3, -0.25) is 0 Å². The van der Waals surface area contributed by atoms with Crippen LogP contribution in [0.3, 0.4) is 0 Å². The van der Waals surface area contributed by atoms with Crippen LogP contribution in [0.2, 0.25) is 0 Å². The van der Waals surface area contributed by atoms with Crippen molar-refractivity contribution in [2.24, 2.45) is 0 Å². The summed E-state index contributed by atoms with van der Waals surface area (Å²) in [4.78, 5) is 12.0. The van der Waals surface area contributed by atoms with Gasteiger partial charge in [0.25, 0.3) is 0 Å².